The zero-order chi connectivity index (χ0) is 17.4. The van der Waals surface area contributed by atoms with Gasteiger partial charge in [0.15, 0.2) is 0 Å². The molecule has 0 bridgehead atoms. The van der Waals surface area contributed by atoms with Gasteiger partial charge in [-0.1, -0.05) is 0 Å². The molecule has 6 heteroatoms. The van der Waals surface area contributed by atoms with Crippen LogP contribution in [0, 0.1) is 6.42 Å². The van der Waals surface area contributed by atoms with Crippen LogP contribution in [0.15, 0.2) is 66.0 Å². The average Bonchev–Trinajstić information content (AvgIpc) is 3.18. The van der Waals surface area contributed by atoms with E-state index in [0.29, 0.717) is 29.5 Å². The minimum atomic E-state index is -4.28. The number of anilines is 1. The standard InChI is InChI=1S/C19H19NO3PS/c20-17-10-9-15(19-8-4-13-25-19)14-18(17)24(21,22-11-5-12-23-24)16-6-2-1-3-7-16/h1-10,13-14,21H,11-12,20H2. The predicted molar refractivity (Wildman–Crippen MR) is 105 cm³/mol. The molecule has 0 saturated carbocycles. The molecule has 4 nitrogen and oxygen atoms in total. The van der Waals surface area contributed by atoms with Gasteiger partial charge in [0.2, 0.25) is 0 Å². The second-order valence-electron chi connectivity index (χ2n) is 5.88. The summed E-state index contributed by atoms with van der Waals surface area (Å²) in [4.78, 5) is 13.1. The number of benzene rings is 2. The molecule has 1 fully saturated rings. The monoisotopic (exact) mass is 372 g/mol. The van der Waals surface area contributed by atoms with Crippen molar-refractivity contribution in [2.45, 2.75) is 0 Å². The number of nitrogen functional groups attached to an aromatic ring is 1. The molecule has 0 atom stereocenters. The van der Waals surface area contributed by atoms with Gasteiger partial charge in [-0.25, -0.2) is 0 Å². The SMILES string of the molecule is Nc1ccc(-c2cccs2)cc1P1(O)(c2ccccc2)OC[CH]CO1. The zero-order valence-corrected chi connectivity index (χ0v) is 15.2. The van der Waals surface area contributed by atoms with Crippen molar-refractivity contribution in [2.24, 2.45) is 0 Å². The first-order valence-electron chi connectivity index (χ1n) is 7.99. The maximum atomic E-state index is 12.0. The maximum absolute atomic E-state index is 12.0. The second-order valence-corrected chi connectivity index (χ2v) is 10.2. The van der Waals surface area contributed by atoms with E-state index in [4.69, 9.17) is 14.8 Å². The van der Waals surface area contributed by atoms with E-state index in [1.165, 1.54) is 0 Å². The van der Waals surface area contributed by atoms with E-state index in [0.717, 1.165) is 10.4 Å². The summed E-state index contributed by atoms with van der Waals surface area (Å²) in [6.07, 6.45) is 1.85. The molecule has 0 spiro atoms. The first-order valence-corrected chi connectivity index (χ1v) is 10.9. The summed E-state index contributed by atoms with van der Waals surface area (Å²) in [7, 11) is -4.28. The Labute approximate surface area is 151 Å². The van der Waals surface area contributed by atoms with Crippen LogP contribution in [-0.4, -0.2) is 18.1 Å². The van der Waals surface area contributed by atoms with Crippen LogP contribution in [0.3, 0.4) is 0 Å². The number of nitrogens with two attached hydrogens (primary N) is 1. The van der Waals surface area contributed by atoms with E-state index < -0.39 is 7.28 Å². The van der Waals surface area contributed by atoms with Crippen LogP contribution in [0.4, 0.5) is 5.69 Å². The molecule has 1 aliphatic rings. The molecular formula is C19H19NO3PS. The van der Waals surface area contributed by atoms with Crippen LogP contribution in [0.2, 0.25) is 0 Å². The van der Waals surface area contributed by atoms with Crippen molar-refractivity contribution in [3.63, 3.8) is 0 Å². The van der Waals surface area contributed by atoms with Gasteiger partial charge in [0.05, 0.1) is 0 Å². The first kappa shape index (κ1) is 16.7. The third-order valence-corrected chi connectivity index (χ3v) is 8.96. The fourth-order valence-electron chi connectivity index (χ4n) is 3.07. The van der Waals surface area contributed by atoms with E-state index in [2.05, 4.69) is 0 Å². The number of thiophene rings is 1. The molecule has 25 heavy (non-hydrogen) atoms. The molecule has 2 aromatic carbocycles. The van der Waals surface area contributed by atoms with Crippen LogP contribution < -0.4 is 16.3 Å². The van der Waals surface area contributed by atoms with Gasteiger partial charge in [-0.05, 0) is 0 Å². The summed E-state index contributed by atoms with van der Waals surface area (Å²) < 4.78 is 12.0. The Morgan fingerprint density at radius 2 is 1.72 bits per heavy atom. The van der Waals surface area contributed by atoms with E-state index in [1.807, 2.05) is 72.5 Å². The molecule has 3 N–H and O–H groups in total. The molecule has 2 heterocycles. The van der Waals surface area contributed by atoms with Crippen molar-refractivity contribution >= 4 is 34.9 Å². The average molecular weight is 372 g/mol. The fourth-order valence-corrected chi connectivity index (χ4v) is 7.08. The van der Waals surface area contributed by atoms with Crippen LogP contribution in [0.5, 0.6) is 0 Å². The summed E-state index contributed by atoms with van der Waals surface area (Å²) in [5, 5.41) is 3.17. The Balaban J connectivity index is 1.96. The van der Waals surface area contributed by atoms with E-state index in [1.54, 1.807) is 11.3 Å². The van der Waals surface area contributed by atoms with Crippen LogP contribution in [0.1, 0.15) is 0 Å². The van der Waals surface area contributed by atoms with E-state index in [-0.39, 0.29) is 0 Å². The van der Waals surface area contributed by atoms with Crippen molar-refractivity contribution in [1.82, 2.24) is 0 Å². The third kappa shape index (κ3) is 2.69. The molecule has 1 aliphatic heterocycles. The molecule has 0 amide bonds. The predicted octanol–water partition coefficient (Wildman–Crippen LogP) is 3.49. The summed E-state index contributed by atoms with van der Waals surface area (Å²) in [5.74, 6) is 0. The molecular weight excluding hydrogens is 353 g/mol. The van der Waals surface area contributed by atoms with E-state index >= 15 is 0 Å². The molecule has 4 rings (SSSR count). The second kappa shape index (κ2) is 6.20. The van der Waals surface area contributed by atoms with Gasteiger partial charge in [0.25, 0.3) is 0 Å². The van der Waals surface area contributed by atoms with Crippen molar-refractivity contribution in [1.29, 1.82) is 0 Å². The van der Waals surface area contributed by atoms with Crippen LogP contribution in [0.25, 0.3) is 10.4 Å². The Kier molecular flexibility index (Phi) is 4.14. The topological polar surface area (TPSA) is 64.7 Å². The quantitative estimate of drug-likeness (QED) is 0.546. The van der Waals surface area contributed by atoms with Crippen LogP contribution >= 0.6 is 18.6 Å². The molecule has 0 aliphatic carbocycles. The third-order valence-electron chi connectivity index (χ3n) is 4.34. The van der Waals surface area contributed by atoms with Crippen molar-refractivity contribution in [3.8, 4) is 10.4 Å². The Morgan fingerprint density at radius 1 is 0.960 bits per heavy atom. The number of hydrogen-bond acceptors (Lipinski definition) is 5. The van der Waals surface area contributed by atoms with Crippen molar-refractivity contribution in [2.75, 3.05) is 18.9 Å². The Morgan fingerprint density at radius 3 is 2.40 bits per heavy atom. The summed E-state index contributed by atoms with van der Waals surface area (Å²) in [5.41, 5.74) is 7.73. The summed E-state index contributed by atoms with van der Waals surface area (Å²) in [6.45, 7) is 0.623. The van der Waals surface area contributed by atoms with Crippen molar-refractivity contribution in [3.05, 3.63) is 72.5 Å². The van der Waals surface area contributed by atoms with Crippen molar-refractivity contribution < 1.29 is 13.9 Å². The van der Waals surface area contributed by atoms with Gasteiger partial charge in [-0.15, -0.1) is 0 Å². The van der Waals surface area contributed by atoms with Gasteiger partial charge in [0.1, 0.15) is 0 Å². The normalized spacial score (nSPS) is 20.4. The molecule has 1 saturated heterocycles. The van der Waals surface area contributed by atoms with Gasteiger partial charge >= 0.3 is 151 Å². The van der Waals surface area contributed by atoms with E-state index in [9.17, 15) is 4.89 Å². The summed E-state index contributed by atoms with van der Waals surface area (Å²) in [6, 6.07) is 19.0. The Hall–Kier alpha value is -1.75. The van der Waals surface area contributed by atoms with Crippen LogP contribution in [-0.2, 0) is 9.05 Å². The molecule has 0 unspecified atom stereocenters. The first-order chi connectivity index (χ1) is 12.1. The molecule has 1 aromatic heterocycles. The fraction of sp³-hybridized carbons (Fsp3) is 0.105. The summed E-state index contributed by atoms with van der Waals surface area (Å²) >= 11 is 1.64. The number of rotatable bonds is 3. The Bertz CT molecular complexity index is 877. The minimum absolute atomic E-state index is 0.311. The van der Waals surface area contributed by atoms with Gasteiger partial charge in [-0.3, -0.25) is 0 Å². The number of hydrogen-bond donors (Lipinski definition) is 2. The molecule has 3 aromatic rings. The van der Waals surface area contributed by atoms with Gasteiger partial charge in [0, 0.05) is 0 Å². The van der Waals surface area contributed by atoms with Gasteiger partial charge < -0.3 is 0 Å². The molecule has 129 valence electrons. The molecule has 1 radical (unpaired) electrons. The zero-order valence-electron chi connectivity index (χ0n) is 13.5. The van der Waals surface area contributed by atoms with Gasteiger partial charge in [-0.2, -0.15) is 0 Å².